The van der Waals surface area contributed by atoms with Crippen LogP contribution in [-0.2, 0) is 4.79 Å². The van der Waals surface area contributed by atoms with E-state index in [0.717, 1.165) is 0 Å². The van der Waals surface area contributed by atoms with Crippen LogP contribution in [-0.4, -0.2) is 22.4 Å². The Kier molecular flexibility index (Phi) is 2.98. The van der Waals surface area contributed by atoms with Gasteiger partial charge in [-0.2, -0.15) is 10.4 Å². The summed E-state index contributed by atoms with van der Waals surface area (Å²) in [6.45, 7) is 0. The van der Waals surface area contributed by atoms with E-state index in [1.54, 1.807) is 6.07 Å². The normalized spacial score (nSPS) is 13.9. The number of carboxylic acid groups (broad SMARTS) is 1. The predicted molar refractivity (Wildman–Crippen MR) is 64.1 cm³/mol. The number of hydrazone groups is 1. The number of rotatable bonds is 2. The second kappa shape index (κ2) is 4.59. The summed E-state index contributed by atoms with van der Waals surface area (Å²) in [5.41, 5.74) is 0.828. The van der Waals surface area contributed by atoms with E-state index in [4.69, 9.17) is 10.4 Å². The summed E-state index contributed by atoms with van der Waals surface area (Å²) in [6, 6.07) is 6.20. The first-order chi connectivity index (χ1) is 8.61. The van der Waals surface area contributed by atoms with Crippen molar-refractivity contribution >= 4 is 17.9 Å². The molecule has 0 aromatic heterocycles. The maximum Gasteiger partial charge on any atom is 0.333 e. The van der Waals surface area contributed by atoms with Crippen molar-refractivity contribution in [3.63, 3.8) is 0 Å². The molecular formula is C12H9N3O3. The van der Waals surface area contributed by atoms with Crippen molar-refractivity contribution in [1.82, 2.24) is 0 Å². The van der Waals surface area contributed by atoms with Crippen LogP contribution >= 0.6 is 0 Å². The zero-order valence-electron chi connectivity index (χ0n) is 9.24. The van der Waals surface area contributed by atoms with Crippen LogP contribution in [0, 0.1) is 11.3 Å². The summed E-state index contributed by atoms with van der Waals surface area (Å²) in [5, 5.41) is 32.5. The molecule has 0 unspecified atom stereocenters. The van der Waals surface area contributed by atoms with E-state index in [1.807, 2.05) is 6.07 Å². The Morgan fingerprint density at radius 3 is 2.94 bits per heavy atom. The van der Waals surface area contributed by atoms with E-state index in [1.165, 1.54) is 29.6 Å². The topological polar surface area (TPSA) is 96.9 Å². The Morgan fingerprint density at radius 1 is 1.50 bits per heavy atom. The highest BCUT2D eigenvalue weighted by Gasteiger charge is 2.14. The molecule has 1 aliphatic rings. The Bertz CT molecular complexity index is 599. The number of hydrogen-bond acceptors (Lipinski definition) is 5. The number of nitriles is 1. The molecule has 1 aromatic carbocycles. The molecule has 6 heteroatoms. The number of carboxylic acids is 1. The van der Waals surface area contributed by atoms with Crippen LogP contribution in [0.15, 0.2) is 35.1 Å². The fraction of sp³-hybridized carbons (Fsp3) is 0.0833. The largest absolute Gasteiger partial charge is 0.507 e. The summed E-state index contributed by atoms with van der Waals surface area (Å²) >= 11 is 0. The molecule has 0 fully saturated rings. The van der Waals surface area contributed by atoms with Gasteiger partial charge in [0.2, 0.25) is 0 Å². The molecule has 2 N–H and O–H groups in total. The van der Waals surface area contributed by atoms with E-state index in [-0.39, 0.29) is 23.3 Å². The van der Waals surface area contributed by atoms with E-state index >= 15 is 0 Å². The maximum absolute atomic E-state index is 10.9. The van der Waals surface area contributed by atoms with Gasteiger partial charge in [0.15, 0.2) is 0 Å². The third-order valence-electron chi connectivity index (χ3n) is 2.44. The first-order valence-corrected chi connectivity index (χ1v) is 5.10. The molecule has 0 amide bonds. The average molecular weight is 243 g/mol. The molecule has 1 aliphatic heterocycles. The maximum atomic E-state index is 10.9. The van der Waals surface area contributed by atoms with E-state index in [0.29, 0.717) is 5.69 Å². The van der Waals surface area contributed by atoms with Gasteiger partial charge in [-0.25, -0.2) is 9.80 Å². The Balaban J connectivity index is 2.38. The third-order valence-corrected chi connectivity index (χ3v) is 2.44. The zero-order chi connectivity index (χ0) is 13.1. The van der Waals surface area contributed by atoms with E-state index in [9.17, 15) is 9.90 Å². The van der Waals surface area contributed by atoms with Gasteiger partial charge in [0, 0.05) is 18.8 Å². The average Bonchev–Trinajstić information content (AvgIpc) is 2.39. The molecule has 0 bridgehead atoms. The number of aromatic hydroxyl groups is 1. The SMILES string of the molecule is N#Cc1cc(N2C=C(C(=O)O)CC=N2)ccc1O. The standard InChI is InChI=1S/C12H9N3O3/c13-6-9-5-10(1-2-11(9)16)15-7-8(12(17)18)3-4-14-15/h1-2,4-5,7,16H,3H2,(H,17,18). The van der Waals surface area contributed by atoms with Gasteiger partial charge < -0.3 is 10.2 Å². The van der Waals surface area contributed by atoms with Crippen molar-refractivity contribution in [3.8, 4) is 11.8 Å². The van der Waals surface area contributed by atoms with Gasteiger partial charge in [0.05, 0.1) is 16.8 Å². The first-order valence-electron chi connectivity index (χ1n) is 5.10. The van der Waals surface area contributed by atoms with Crippen LogP contribution in [0.1, 0.15) is 12.0 Å². The van der Waals surface area contributed by atoms with Crippen molar-refractivity contribution in [2.75, 3.05) is 5.01 Å². The molecule has 1 aromatic rings. The second-order valence-corrected chi connectivity index (χ2v) is 3.62. The highest BCUT2D eigenvalue weighted by atomic mass is 16.4. The van der Waals surface area contributed by atoms with Crippen molar-refractivity contribution in [2.45, 2.75) is 6.42 Å². The highest BCUT2D eigenvalue weighted by molar-refractivity contribution is 5.92. The minimum Gasteiger partial charge on any atom is -0.507 e. The summed E-state index contributed by atoms with van der Waals surface area (Å²) in [7, 11) is 0. The Labute approximate surface area is 103 Å². The quantitative estimate of drug-likeness (QED) is 0.818. The molecule has 0 saturated heterocycles. The molecule has 6 nitrogen and oxygen atoms in total. The molecule has 0 saturated carbocycles. The molecule has 0 spiro atoms. The molecular weight excluding hydrogens is 234 g/mol. The summed E-state index contributed by atoms with van der Waals surface area (Å²) < 4.78 is 0. The molecule has 1 heterocycles. The minimum atomic E-state index is -1.01. The lowest BCUT2D eigenvalue weighted by atomic mass is 10.1. The van der Waals surface area contributed by atoms with Crippen LogP contribution in [0.4, 0.5) is 5.69 Å². The van der Waals surface area contributed by atoms with Crippen molar-refractivity contribution in [2.24, 2.45) is 5.10 Å². The minimum absolute atomic E-state index is 0.110. The van der Waals surface area contributed by atoms with Gasteiger partial charge in [-0.05, 0) is 18.2 Å². The predicted octanol–water partition coefficient (Wildman–Crippen LogP) is 1.43. The summed E-state index contributed by atoms with van der Waals surface area (Å²) in [6.07, 6.45) is 3.12. The molecule has 2 rings (SSSR count). The van der Waals surface area contributed by atoms with Crippen LogP contribution in [0.25, 0.3) is 0 Å². The molecule has 0 radical (unpaired) electrons. The molecule has 18 heavy (non-hydrogen) atoms. The molecule has 0 atom stereocenters. The smallest absolute Gasteiger partial charge is 0.333 e. The number of nitrogens with zero attached hydrogens (tertiary/aromatic N) is 3. The number of aliphatic carboxylic acids is 1. The van der Waals surface area contributed by atoms with Crippen molar-refractivity contribution < 1.29 is 15.0 Å². The van der Waals surface area contributed by atoms with Crippen molar-refractivity contribution in [3.05, 3.63) is 35.5 Å². The fourth-order valence-electron chi connectivity index (χ4n) is 1.50. The number of phenolic OH excluding ortho intramolecular Hbond substituents is 1. The molecule has 90 valence electrons. The van der Waals surface area contributed by atoms with E-state index in [2.05, 4.69) is 5.10 Å². The van der Waals surface area contributed by atoms with Crippen molar-refractivity contribution in [1.29, 1.82) is 5.26 Å². The molecule has 0 aliphatic carbocycles. The lowest BCUT2D eigenvalue weighted by Crippen LogP contribution is -2.17. The Morgan fingerprint density at radius 2 is 2.28 bits per heavy atom. The van der Waals surface area contributed by atoms with Crippen LogP contribution in [0.5, 0.6) is 5.75 Å². The fourth-order valence-corrected chi connectivity index (χ4v) is 1.50. The Hall–Kier alpha value is -2.81. The number of benzene rings is 1. The lowest BCUT2D eigenvalue weighted by Gasteiger charge is -2.19. The summed E-state index contributed by atoms with van der Waals surface area (Å²) in [5.74, 6) is -1.13. The summed E-state index contributed by atoms with van der Waals surface area (Å²) in [4.78, 5) is 10.9. The first kappa shape index (κ1) is 11.7. The van der Waals surface area contributed by atoms with Gasteiger partial charge in [-0.1, -0.05) is 0 Å². The number of hydrogen-bond donors (Lipinski definition) is 2. The van der Waals surface area contributed by atoms with Crippen LogP contribution in [0.2, 0.25) is 0 Å². The lowest BCUT2D eigenvalue weighted by molar-refractivity contribution is -0.132. The number of anilines is 1. The van der Waals surface area contributed by atoms with Gasteiger partial charge in [-0.15, -0.1) is 0 Å². The van der Waals surface area contributed by atoms with Crippen LogP contribution in [0.3, 0.4) is 0 Å². The third kappa shape index (κ3) is 2.15. The van der Waals surface area contributed by atoms with Gasteiger partial charge >= 0.3 is 5.97 Å². The van der Waals surface area contributed by atoms with Gasteiger partial charge in [0.25, 0.3) is 0 Å². The number of phenols is 1. The highest BCUT2D eigenvalue weighted by Crippen LogP contribution is 2.25. The van der Waals surface area contributed by atoms with E-state index < -0.39 is 5.97 Å². The number of carbonyl (C=O) groups is 1. The van der Waals surface area contributed by atoms with Gasteiger partial charge in [-0.3, -0.25) is 0 Å². The zero-order valence-corrected chi connectivity index (χ0v) is 9.24. The monoisotopic (exact) mass is 243 g/mol. The second-order valence-electron chi connectivity index (χ2n) is 3.62. The van der Waals surface area contributed by atoms with Gasteiger partial charge in [0.1, 0.15) is 11.8 Å². The van der Waals surface area contributed by atoms with Crippen LogP contribution < -0.4 is 5.01 Å².